The Hall–Kier alpha value is -2.38. The minimum absolute atomic E-state index is 0.0815. The van der Waals surface area contributed by atoms with Crippen LogP contribution in [0.15, 0.2) is 28.8 Å². The molecule has 1 saturated heterocycles. The summed E-state index contributed by atoms with van der Waals surface area (Å²) in [5.74, 6) is 0.350. The number of likely N-dealkylation sites (tertiary alicyclic amines) is 1. The molecule has 0 spiro atoms. The van der Waals surface area contributed by atoms with Gasteiger partial charge in [-0.2, -0.15) is 18.2 Å². The fourth-order valence-corrected chi connectivity index (χ4v) is 2.72. The molecule has 0 radical (unpaired) electrons. The van der Waals surface area contributed by atoms with E-state index in [1.807, 2.05) is 0 Å². The molecular formula is C15H14F3N3O2. The maximum absolute atomic E-state index is 13.0. The van der Waals surface area contributed by atoms with Gasteiger partial charge >= 0.3 is 6.18 Å². The van der Waals surface area contributed by atoms with E-state index >= 15 is 0 Å². The van der Waals surface area contributed by atoms with Crippen molar-refractivity contribution in [1.82, 2.24) is 15.0 Å². The number of amides is 1. The van der Waals surface area contributed by atoms with Crippen LogP contribution in [-0.4, -0.2) is 27.5 Å². The molecule has 2 aromatic rings. The molecule has 1 unspecified atom stereocenters. The standard InChI is InChI=1S/C15H14F3N3O2/c1-9-19-14(20-23-9)11-6-13(22)21(8-11)7-10-4-2-3-5-12(10)15(16,17)18/h2-5,11H,6-8H2,1H3. The summed E-state index contributed by atoms with van der Waals surface area (Å²) < 4.78 is 44.0. The molecule has 1 amide bonds. The zero-order valence-electron chi connectivity index (χ0n) is 12.3. The van der Waals surface area contributed by atoms with Gasteiger partial charge in [0.15, 0.2) is 5.82 Å². The van der Waals surface area contributed by atoms with E-state index in [1.165, 1.54) is 23.1 Å². The molecule has 1 aromatic heterocycles. The highest BCUT2D eigenvalue weighted by Gasteiger charge is 2.37. The van der Waals surface area contributed by atoms with Gasteiger partial charge in [0, 0.05) is 32.4 Å². The van der Waals surface area contributed by atoms with Gasteiger partial charge in [-0.3, -0.25) is 4.79 Å². The molecule has 23 heavy (non-hydrogen) atoms. The second kappa shape index (κ2) is 5.68. The smallest absolute Gasteiger partial charge is 0.340 e. The molecule has 5 nitrogen and oxygen atoms in total. The van der Waals surface area contributed by atoms with Crippen molar-refractivity contribution in [2.75, 3.05) is 6.54 Å². The lowest BCUT2D eigenvalue weighted by molar-refractivity contribution is -0.139. The number of aryl methyl sites for hydroxylation is 1. The normalized spacial score (nSPS) is 18.7. The number of aromatic nitrogens is 2. The molecule has 1 aliphatic heterocycles. The minimum atomic E-state index is -4.44. The summed E-state index contributed by atoms with van der Waals surface area (Å²) in [7, 11) is 0. The van der Waals surface area contributed by atoms with Gasteiger partial charge in [0.1, 0.15) is 0 Å². The quantitative estimate of drug-likeness (QED) is 0.870. The Bertz CT molecular complexity index is 727. The lowest BCUT2D eigenvalue weighted by Gasteiger charge is -2.19. The van der Waals surface area contributed by atoms with Gasteiger partial charge in [-0.25, -0.2) is 0 Å². The number of halogens is 3. The van der Waals surface area contributed by atoms with Gasteiger partial charge in [0.2, 0.25) is 11.8 Å². The van der Waals surface area contributed by atoms with E-state index in [0.717, 1.165) is 6.07 Å². The molecule has 0 bridgehead atoms. The molecule has 0 saturated carbocycles. The van der Waals surface area contributed by atoms with Gasteiger partial charge in [0.25, 0.3) is 0 Å². The summed E-state index contributed by atoms with van der Waals surface area (Å²) in [5.41, 5.74) is -0.634. The Balaban J connectivity index is 1.78. The zero-order valence-corrected chi connectivity index (χ0v) is 12.3. The van der Waals surface area contributed by atoms with E-state index < -0.39 is 11.7 Å². The zero-order chi connectivity index (χ0) is 16.6. The van der Waals surface area contributed by atoms with Crippen LogP contribution in [0.1, 0.15) is 35.2 Å². The van der Waals surface area contributed by atoms with Crippen molar-refractivity contribution in [2.24, 2.45) is 0 Å². The summed E-state index contributed by atoms with van der Waals surface area (Å²) >= 11 is 0. The monoisotopic (exact) mass is 325 g/mol. The van der Waals surface area contributed by atoms with Crippen molar-refractivity contribution in [3.63, 3.8) is 0 Å². The Morgan fingerprint density at radius 1 is 1.35 bits per heavy atom. The van der Waals surface area contributed by atoms with E-state index in [2.05, 4.69) is 10.1 Å². The Morgan fingerprint density at radius 2 is 2.09 bits per heavy atom. The molecule has 0 aliphatic carbocycles. The number of benzene rings is 1. The number of carbonyl (C=O) groups is 1. The number of alkyl halides is 3. The molecule has 1 atom stereocenters. The number of nitrogens with zero attached hydrogens (tertiary/aromatic N) is 3. The molecule has 8 heteroatoms. The number of carbonyl (C=O) groups excluding carboxylic acids is 1. The molecule has 1 aromatic carbocycles. The summed E-state index contributed by atoms with van der Waals surface area (Å²) in [6, 6.07) is 5.28. The maximum Gasteiger partial charge on any atom is 0.416 e. The number of rotatable bonds is 3. The van der Waals surface area contributed by atoms with Crippen LogP contribution in [0.2, 0.25) is 0 Å². The predicted molar refractivity (Wildman–Crippen MR) is 73.3 cm³/mol. The molecular weight excluding hydrogens is 311 g/mol. The first-order valence-corrected chi connectivity index (χ1v) is 7.07. The van der Waals surface area contributed by atoms with E-state index in [-0.39, 0.29) is 36.9 Å². The van der Waals surface area contributed by atoms with E-state index in [0.29, 0.717) is 11.7 Å². The number of hydrogen-bond donors (Lipinski definition) is 0. The van der Waals surface area contributed by atoms with Crippen LogP contribution < -0.4 is 0 Å². The van der Waals surface area contributed by atoms with Crippen LogP contribution in [0, 0.1) is 6.92 Å². The summed E-state index contributed by atoms with van der Waals surface area (Å²) in [4.78, 5) is 17.6. The van der Waals surface area contributed by atoms with Crippen LogP contribution in [-0.2, 0) is 17.5 Å². The van der Waals surface area contributed by atoms with Gasteiger partial charge in [0.05, 0.1) is 5.56 Å². The molecule has 0 N–H and O–H groups in total. The van der Waals surface area contributed by atoms with Crippen LogP contribution in [0.5, 0.6) is 0 Å². The van der Waals surface area contributed by atoms with Crippen LogP contribution in [0.4, 0.5) is 13.2 Å². The van der Waals surface area contributed by atoms with Crippen molar-refractivity contribution in [3.8, 4) is 0 Å². The molecule has 2 heterocycles. The molecule has 3 rings (SSSR count). The minimum Gasteiger partial charge on any atom is -0.340 e. The van der Waals surface area contributed by atoms with Crippen molar-refractivity contribution in [1.29, 1.82) is 0 Å². The molecule has 122 valence electrons. The first-order chi connectivity index (χ1) is 10.8. The Kier molecular flexibility index (Phi) is 3.83. The first kappa shape index (κ1) is 15.5. The van der Waals surface area contributed by atoms with E-state index in [4.69, 9.17) is 4.52 Å². The van der Waals surface area contributed by atoms with Gasteiger partial charge in [-0.15, -0.1) is 0 Å². The molecule has 1 aliphatic rings. The van der Waals surface area contributed by atoms with Crippen molar-refractivity contribution in [3.05, 3.63) is 47.1 Å². The van der Waals surface area contributed by atoms with Crippen molar-refractivity contribution in [2.45, 2.75) is 32.0 Å². The van der Waals surface area contributed by atoms with E-state index in [1.54, 1.807) is 6.92 Å². The van der Waals surface area contributed by atoms with Gasteiger partial charge < -0.3 is 9.42 Å². The Morgan fingerprint density at radius 3 is 2.74 bits per heavy atom. The van der Waals surface area contributed by atoms with Crippen LogP contribution in [0.3, 0.4) is 0 Å². The Labute approximate surface area is 130 Å². The van der Waals surface area contributed by atoms with Gasteiger partial charge in [-0.05, 0) is 11.6 Å². The SMILES string of the molecule is Cc1nc(C2CC(=O)N(Cc3ccccc3C(F)(F)F)C2)no1. The third-order valence-electron chi connectivity index (χ3n) is 3.81. The lowest BCUT2D eigenvalue weighted by atomic mass is 10.1. The highest BCUT2D eigenvalue weighted by Crippen LogP contribution is 2.34. The third-order valence-corrected chi connectivity index (χ3v) is 3.81. The topological polar surface area (TPSA) is 59.2 Å². The van der Waals surface area contributed by atoms with E-state index in [9.17, 15) is 18.0 Å². The highest BCUT2D eigenvalue weighted by atomic mass is 19.4. The average molecular weight is 325 g/mol. The lowest BCUT2D eigenvalue weighted by Crippen LogP contribution is -2.26. The molecule has 1 fully saturated rings. The fraction of sp³-hybridized carbons (Fsp3) is 0.400. The second-order valence-electron chi connectivity index (χ2n) is 5.50. The van der Waals surface area contributed by atoms with Crippen molar-refractivity contribution >= 4 is 5.91 Å². The van der Waals surface area contributed by atoms with Crippen molar-refractivity contribution < 1.29 is 22.5 Å². The largest absolute Gasteiger partial charge is 0.416 e. The van der Waals surface area contributed by atoms with Crippen LogP contribution >= 0.6 is 0 Å². The maximum atomic E-state index is 13.0. The number of hydrogen-bond acceptors (Lipinski definition) is 4. The third kappa shape index (κ3) is 3.20. The van der Waals surface area contributed by atoms with Gasteiger partial charge in [-0.1, -0.05) is 23.4 Å². The summed E-state index contributed by atoms with van der Waals surface area (Å²) in [6.07, 6.45) is -4.27. The fourth-order valence-electron chi connectivity index (χ4n) is 2.72. The average Bonchev–Trinajstić information content (AvgIpc) is 3.05. The highest BCUT2D eigenvalue weighted by molar-refractivity contribution is 5.79. The summed E-state index contributed by atoms with van der Waals surface area (Å²) in [6.45, 7) is 1.84. The second-order valence-corrected chi connectivity index (χ2v) is 5.50. The first-order valence-electron chi connectivity index (χ1n) is 7.07. The predicted octanol–water partition coefficient (Wildman–Crippen LogP) is 2.91. The van der Waals surface area contributed by atoms with Crippen LogP contribution in [0.25, 0.3) is 0 Å². The summed E-state index contributed by atoms with van der Waals surface area (Å²) in [5, 5.41) is 3.79.